The first-order valence-corrected chi connectivity index (χ1v) is 19.6. The van der Waals surface area contributed by atoms with Crippen LogP contribution in [0.3, 0.4) is 0 Å². The Kier molecular flexibility index (Phi) is 10.3. The lowest BCUT2D eigenvalue weighted by Crippen LogP contribution is -2.10. The molecule has 0 aliphatic heterocycles. The Morgan fingerprint density at radius 1 is 0.241 bits per heavy atom. The number of ether oxygens (including phenoxy) is 1. The van der Waals surface area contributed by atoms with Crippen LogP contribution in [0.1, 0.15) is 0 Å². The molecule has 0 spiro atoms. The normalized spacial score (nSPS) is 10.8. The summed E-state index contributed by atoms with van der Waals surface area (Å²) in [6.07, 6.45) is 0. The van der Waals surface area contributed by atoms with E-state index in [9.17, 15) is 0 Å². The summed E-state index contributed by atoms with van der Waals surface area (Å²) in [7, 11) is 1.71. The molecular weight excluding hydrogens is 705 g/mol. The average Bonchev–Trinajstić information content (AvgIpc) is 3.31. The van der Waals surface area contributed by atoms with E-state index >= 15 is 0 Å². The Bertz CT molecular complexity index is 2610. The molecule has 0 unspecified atom stereocenters. The highest BCUT2D eigenvalue weighted by atomic mass is 16.5. The molecule has 0 saturated carbocycles. The van der Waals surface area contributed by atoms with Gasteiger partial charge in [0.15, 0.2) is 0 Å². The van der Waals surface area contributed by atoms with Crippen molar-refractivity contribution in [2.45, 2.75) is 0 Å². The number of rotatable bonds is 11. The monoisotopic (exact) mass is 746 g/mol. The number of nitrogens with zero attached hydrogens (tertiary/aromatic N) is 2. The van der Waals surface area contributed by atoms with Gasteiger partial charge in [-0.2, -0.15) is 0 Å². The van der Waals surface area contributed by atoms with Crippen molar-refractivity contribution in [1.82, 2.24) is 0 Å². The van der Waals surface area contributed by atoms with Crippen LogP contribution in [-0.2, 0) is 0 Å². The second-order valence-corrected chi connectivity index (χ2v) is 14.2. The minimum Gasteiger partial charge on any atom is -0.497 e. The highest BCUT2D eigenvalue weighted by molar-refractivity contribution is 5.83. The van der Waals surface area contributed by atoms with Gasteiger partial charge in [-0.25, -0.2) is 0 Å². The van der Waals surface area contributed by atoms with Gasteiger partial charge in [-0.05, 0) is 117 Å². The molecule has 278 valence electrons. The fourth-order valence-corrected chi connectivity index (χ4v) is 7.55. The average molecular weight is 747 g/mol. The van der Waals surface area contributed by atoms with Crippen molar-refractivity contribution in [1.29, 1.82) is 0 Å². The van der Waals surface area contributed by atoms with Gasteiger partial charge >= 0.3 is 0 Å². The molecule has 3 nitrogen and oxygen atoms in total. The molecule has 0 fully saturated rings. The van der Waals surface area contributed by atoms with Gasteiger partial charge in [0, 0.05) is 40.2 Å². The second kappa shape index (κ2) is 16.6. The summed E-state index contributed by atoms with van der Waals surface area (Å²) in [4.78, 5) is 4.60. The molecule has 3 heteroatoms. The van der Waals surface area contributed by atoms with Crippen LogP contribution in [-0.4, -0.2) is 7.11 Å². The molecule has 58 heavy (non-hydrogen) atoms. The minimum atomic E-state index is 0.813. The molecule has 0 saturated heterocycles. The predicted molar refractivity (Wildman–Crippen MR) is 244 cm³/mol. The fourth-order valence-electron chi connectivity index (χ4n) is 7.55. The molecule has 9 aromatic rings. The summed E-state index contributed by atoms with van der Waals surface area (Å²) >= 11 is 0. The molecule has 0 bridgehead atoms. The third-order valence-corrected chi connectivity index (χ3v) is 10.6. The van der Waals surface area contributed by atoms with Crippen molar-refractivity contribution in [2.24, 2.45) is 0 Å². The smallest absolute Gasteiger partial charge is 0.120 e. The largest absolute Gasteiger partial charge is 0.497 e. The van der Waals surface area contributed by atoms with E-state index in [4.69, 9.17) is 4.74 Å². The van der Waals surface area contributed by atoms with Gasteiger partial charge in [-0.15, -0.1) is 0 Å². The van der Waals surface area contributed by atoms with Crippen LogP contribution in [0.15, 0.2) is 237 Å². The lowest BCUT2D eigenvalue weighted by Gasteiger charge is -2.27. The summed E-state index contributed by atoms with van der Waals surface area (Å²) in [5, 5.41) is 0. The van der Waals surface area contributed by atoms with Crippen LogP contribution in [0.2, 0.25) is 0 Å². The first-order valence-electron chi connectivity index (χ1n) is 19.6. The van der Waals surface area contributed by atoms with Gasteiger partial charge in [-0.1, -0.05) is 158 Å². The van der Waals surface area contributed by atoms with Gasteiger partial charge in [-0.3, -0.25) is 0 Å². The maximum atomic E-state index is 5.63. The molecule has 0 aliphatic rings. The summed E-state index contributed by atoms with van der Waals surface area (Å²) in [5.74, 6) is 0.813. The molecule has 9 rings (SSSR count). The number of benzene rings is 9. The first-order chi connectivity index (χ1) is 28.7. The molecular formula is C55H42N2O. The van der Waals surface area contributed by atoms with Crippen LogP contribution < -0.4 is 14.5 Å². The number of anilines is 6. The van der Waals surface area contributed by atoms with Crippen molar-refractivity contribution in [3.05, 3.63) is 237 Å². The first kappa shape index (κ1) is 36.0. The molecule has 0 amide bonds. The Morgan fingerprint density at radius 3 is 0.776 bits per heavy atom. The van der Waals surface area contributed by atoms with Crippen LogP contribution >= 0.6 is 0 Å². The van der Waals surface area contributed by atoms with Crippen LogP contribution in [0.5, 0.6) is 5.75 Å². The van der Waals surface area contributed by atoms with Crippen molar-refractivity contribution in [3.8, 4) is 50.3 Å². The predicted octanol–water partition coefficient (Wildman–Crippen LogP) is 15.3. The van der Waals surface area contributed by atoms with E-state index in [1.54, 1.807) is 7.11 Å². The van der Waals surface area contributed by atoms with E-state index < -0.39 is 0 Å². The quantitative estimate of drug-likeness (QED) is 0.131. The van der Waals surface area contributed by atoms with Crippen LogP contribution in [0.4, 0.5) is 34.1 Å². The van der Waals surface area contributed by atoms with Crippen molar-refractivity contribution >= 4 is 34.1 Å². The van der Waals surface area contributed by atoms with Crippen molar-refractivity contribution < 1.29 is 4.74 Å². The standard InChI is InChI=1S/C55H42N2O/c1-58-55-19-11-18-54(40-55)57(52-36-24-46(25-37-52)43-16-9-4-10-17-43)53-38-28-48(29-39-53)47-26-34-51(35-27-47)56(49-30-20-44(21-31-49)41-12-5-2-6-13-41)50-32-22-45(23-33-50)42-14-7-3-8-15-42/h2-40H,1H3. The minimum absolute atomic E-state index is 0.813. The Morgan fingerprint density at radius 2 is 0.500 bits per heavy atom. The zero-order valence-electron chi connectivity index (χ0n) is 32.3. The van der Waals surface area contributed by atoms with Gasteiger partial charge in [0.25, 0.3) is 0 Å². The van der Waals surface area contributed by atoms with Gasteiger partial charge in [0.05, 0.1) is 7.11 Å². The van der Waals surface area contributed by atoms with E-state index in [1.807, 2.05) is 18.2 Å². The van der Waals surface area contributed by atoms with Crippen LogP contribution in [0, 0.1) is 0 Å². The van der Waals surface area contributed by atoms with Gasteiger partial charge in [0.2, 0.25) is 0 Å². The van der Waals surface area contributed by atoms with Crippen molar-refractivity contribution in [2.75, 3.05) is 16.9 Å². The highest BCUT2D eigenvalue weighted by Crippen LogP contribution is 2.40. The summed E-state index contributed by atoms with van der Waals surface area (Å²) < 4.78 is 5.63. The second-order valence-electron chi connectivity index (χ2n) is 14.2. The maximum absolute atomic E-state index is 5.63. The lowest BCUT2D eigenvalue weighted by molar-refractivity contribution is 0.415. The SMILES string of the molecule is COc1cccc(N(c2ccc(-c3ccccc3)cc2)c2ccc(-c3ccc(N(c4ccc(-c5ccccc5)cc4)c4ccc(-c5ccccc5)cc4)cc3)cc2)c1. The molecule has 0 aliphatic carbocycles. The van der Waals surface area contributed by atoms with Crippen molar-refractivity contribution in [3.63, 3.8) is 0 Å². The topological polar surface area (TPSA) is 15.7 Å². The molecule has 0 radical (unpaired) electrons. The fraction of sp³-hybridized carbons (Fsp3) is 0.0182. The number of methoxy groups -OCH3 is 1. The summed E-state index contributed by atoms with van der Waals surface area (Å²) in [6.45, 7) is 0. The molecule has 0 atom stereocenters. The molecule has 0 N–H and O–H groups in total. The number of hydrogen-bond acceptors (Lipinski definition) is 3. The van der Waals surface area contributed by atoms with Crippen LogP contribution in [0.25, 0.3) is 44.5 Å². The Balaban J connectivity index is 1.02. The zero-order chi connectivity index (χ0) is 39.1. The van der Waals surface area contributed by atoms with E-state index in [0.29, 0.717) is 0 Å². The lowest BCUT2D eigenvalue weighted by atomic mass is 10.0. The van der Waals surface area contributed by atoms with E-state index in [-0.39, 0.29) is 0 Å². The third kappa shape index (κ3) is 7.75. The molecule has 9 aromatic carbocycles. The van der Waals surface area contributed by atoms with E-state index in [1.165, 1.54) is 33.4 Å². The Labute approximate surface area is 341 Å². The zero-order valence-corrected chi connectivity index (χ0v) is 32.3. The third-order valence-electron chi connectivity index (χ3n) is 10.6. The summed E-state index contributed by atoms with van der Waals surface area (Å²) in [5.41, 5.74) is 15.9. The van der Waals surface area contributed by atoms with E-state index in [2.05, 4.69) is 228 Å². The van der Waals surface area contributed by atoms with Gasteiger partial charge in [0.1, 0.15) is 5.75 Å². The Hall–Kier alpha value is -7.62. The summed E-state index contributed by atoms with van der Waals surface area (Å²) in [6, 6.07) is 83.9. The van der Waals surface area contributed by atoms with E-state index in [0.717, 1.165) is 51.0 Å². The number of hydrogen-bond donors (Lipinski definition) is 0. The highest BCUT2D eigenvalue weighted by Gasteiger charge is 2.16. The molecule has 0 heterocycles. The maximum Gasteiger partial charge on any atom is 0.120 e. The van der Waals surface area contributed by atoms with Gasteiger partial charge < -0.3 is 14.5 Å². The molecule has 0 aromatic heterocycles.